The van der Waals surface area contributed by atoms with E-state index < -0.39 is 28.5 Å². The molecule has 0 saturated carbocycles. The molecule has 236 valence electrons. The van der Waals surface area contributed by atoms with Crippen LogP contribution in [0.4, 0.5) is 5.69 Å². The highest BCUT2D eigenvalue weighted by atomic mass is 32.2. The molecule has 0 aliphatic carbocycles. The number of carbonyl (C=O) groups is 2. The molecule has 4 aromatic carbocycles. The maximum atomic E-state index is 14.1. The van der Waals surface area contributed by atoms with Crippen molar-refractivity contribution in [1.29, 1.82) is 0 Å². The third-order valence-corrected chi connectivity index (χ3v) is 8.89. The molecule has 45 heavy (non-hydrogen) atoms. The number of anilines is 1. The Morgan fingerprint density at radius 3 is 1.93 bits per heavy atom. The number of nitrogens with one attached hydrogen (secondary N) is 1. The monoisotopic (exact) mass is 629 g/mol. The first-order chi connectivity index (χ1) is 21.5. The molecule has 10 heteroatoms. The number of amides is 2. The highest BCUT2D eigenvalue weighted by Gasteiger charge is 2.32. The normalized spacial score (nSPS) is 11.9. The van der Waals surface area contributed by atoms with Gasteiger partial charge in [-0.15, -0.1) is 0 Å². The summed E-state index contributed by atoms with van der Waals surface area (Å²) in [7, 11) is -2.63. The molecule has 0 radical (unpaired) electrons. The lowest BCUT2D eigenvalue weighted by molar-refractivity contribution is -0.139. The van der Waals surface area contributed by atoms with Gasteiger partial charge in [-0.3, -0.25) is 13.9 Å². The van der Waals surface area contributed by atoms with Crippen LogP contribution < -0.4 is 19.1 Å². The molecule has 0 aliphatic heterocycles. The summed E-state index contributed by atoms with van der Waals surface area (Å²) < 4.78 is 40.4. The van der Waals surface area contributed by atoms with E-state index >= 15 is 0 Å². The van der Waals surface area contributed by atoms with Crippen LogP contribution >= 0.6 is 0 Å². The Morgan fingerprint density at radius 1 is 0.778 bits per heavy atom. The van der Waals surface area contributed by atoms with Crippen molar-refractivity contribution in [2.75, 3.05) is 18.0 Å². The van der Waals surface area contributed by atoms with Gasteiger partial charge in [0.15, 0.2) is 0 Å². The summed E-state index contributed by atoms with van der Waals surface area (Å²) in [6.45, 7) is 6.71. The van der Waals surface area contributed by atoms with Gasteiger partial charge in [-0.25, -0.2) is 8.42 Å². The predicted molar refractivity (Wildman–Crippen MR) is 175 cm³/mol. The van der Waals surface area contributed by atoms with Crippen LogP contribution in [0, 0.1) is 6.92 Å². The van der Waals surface area contributed by atoms with Crippen LogP contribution in [0.15, 0.2) is 108 Å². The second-order valence-electron chi connectivity index (χ2n) is 10.9. The summed E-state index contributed by atoms with van der Waals surface area (Å²) in [5.74, 6) is 0.897. The van der Waals surface area contributed by atoms with Crippen molar-refractivity contribution in [3.63, 3.8) is 0 Å². The molecule has 0 spiro atoms. The topological polar surface area (TPSA) is 105 Å². The van der Waals surface area contributed by atoms with E-state index in [1.165, 1.54) is 17.0 Å². The van der Waals surface area contributed by atoms with Crippen LogP contribution in [0.2, 0.25) is 0 Å². The van der Waals surface area contributed by atoms with E-state index in [1.807, 2.05) is 51.1 Å². The molecule has 0 bridgehead atoms. The fourth-order valence-corrected chi connectivity index (χ4v) is 6.00. The third kappa shape index (κ3) is 8.63. The Labute approximate surface area is 265 Å². The summed E-state index contributed by atoms with van der Waals surface area (Å²) in [5.41, 5.74) is 1.92. The molecule has 0 saturated heterocycles. The van der Waals surface area contributed by atoms with E-state index in [1.54, 1.807) is 74.7 Å². The number of carbonyl (C=O) groups excluding carboxylic acids is 2. The van der Waals surface area contributed by atoms with Crippen molar-refractivity contribution < 1.29 is 27.5 Å². The van der Waals surface area contributed by atoms with Gasteiger partial charge in [-0.1, -0.05) is 48.0 Å². The number of benzene rings is 4. The number of methoxy groups -OCH3 is 1. The molecule has 0 fully saturated rings. The standard InChI is InChI=1S/C35H39N3O6S/c1-25(2)36-35(40)27(4)37(23-28-13-17-30(43-5)18-14-28)34(39)24-38(45(41,42)33-21-11-26(3)12-22-33)29-15-19-32(20-16-29)44-31-9-7-6-8-10-31/h6-22,25,27H,23-24H2,1-5H3,(H,36,40). The van der Waals surface area contributed by atoms with E-state index in [2.05, 4.69) is 5.32 Å². The van der Waals surface area contributed by atoms with Gasteiger partial charge in [0.25, 0.3) is 10.0 Å². The number of nitrogens with zero attached hydrogens (tertiary/aromatic N) is 2. The van der Waals surface area contributed by atoms with Crippen molar-refractivity contribution in [1.82, 2.24) is 10.2 Å². The van der Waals surface area contributed by atoms with E-state index in [4.69, 9.17) is 9.47 Å². The highest BCUT2D eigenvalue weighted by molar-refractivity contribution is 7.92. The lowest BCUT2D eigenvalue weighted by Gasteiger charge is -2.32. The zero-order valence-electron chi connectivity index (χ0n) is 26.1. The second-order valence-corrected chi connectivity index (χ2v) is 12.8. The molecular weight excluding hydrogens is 590 g/mol. The number of hydrogen-bond acceptors (Lipinski definition) is 6. The zero-order valence-corrected chi connectivity index (χ0v) is 27.0. The van der Waals surface area contributed by atoms with E-state index in [9.17, 15) is 18.0 Å². The third-order valence-electron chi connectivity index (χ3n) is 7.10. The van der Waals surface area contributed by atoms with Crippen LogP contribution in [0.25, 0.3) is 0 Å². The quantitative estimate of drug-likeness (QED) is 0.197. The molecule has 0 heterocycles. The Hall–Kier alpha value is -4.83. The number of rotatable bonds is 13. The molecule has 9 nitrogen and oxygen atoms in total. The van der Waals surface area contributed by atoms with Crippen LogP contribution in [-0.4, -0.2) is 50.9 Å². The first kappa shape index (κ1) is 33.1. The lowest BCUT2D eigenvalue weighted by Crippen LogP contribution is -2.52. The van der Waals surface area contributed by atoms with Gasteiger partial charge in [0.05, 0.1) is 17.7 Å². The van der Waals surface area contributed by atoms with Gasteiger partial charge in [0, 0.05) is 12.6 Å². The van der Waals surface area contributed by atoms with Gasteiger partial charge >= 0.3 is 0 Å². The van der Waals surface area contributed by atoms with Crippen LogP contribution in [0.1, 0.15) is 31.9 Å². The lowest BCUT2D eigenvalue weighted by atomic mass is 10.1. The molecule has 0 aromatic heterocycles. The molecule has 1 N–H and O–H groups in total. The number of ether oxygens (including phenoxy) is 2. The summed E-state index contributed by atoms with van der Waals surface area (Å²) in [4.78, 5) is 28.7. The fraction of sp³-hybridized carbons (Fsp3) is 0.257. The molecule has 2 amide bonds. The van der Waals surface area contributed by atoms with E-state index in [0.717, 1.165) is 15.4 Å². The first-order valence-electron chi connectivity index (χ1n) is 14.6. The maximum Gasteiger partial charge on any atom is 0.264 e. The predicted octanol–water partition coefficient (Wildman–Crippen LogP) is 5.93. The fourth-order valence-electron chi connectivity index (χ4n) is 4.59. The van der Waals surface area contributed by atoms with Crippen molar-refractivity contribution in [2.45, 2.75) is 51.2 Å². The van der Waals surface area contributed by atoms with E-state index in [0.29, 0.717) is 17.2 Å². The van der Waals surface area contributed by atoms with Crippen molar-refractivity contribution >= 4 is 27.5 Å². The van der Waals surface area contributed by atoms with Crippen molar-refractivity contribution in [2.24, 2.45) is 0 Å². The van der Waals surface area contributed by atoms with Crippen LogP contribution in [-0.2, 0) is 26.2 Å². The number of aryl methyl sites for hydroxylation is 1. The molecule has 0 aliphatic rings. The Kier molecular flexibility index (Phi) is 10.9. The summed E-state index contributed by atoms with van der Waals surface area (Å²) in [5, 5.41) is 2.86. The van der Waals surface area contributed by atoms with Gasteiger partial charge in [-0.05, 0) is 93.9 Å². The molecule has 1 atom stereocenters. The average Bonchev–Trinajstić information content (AvgIpc) is 3.03. The maximum absolute atomic E-state index is 14.1. The van der Waals surface area contributed by atoms with Gasteiger partial charge < -0.3 is 19.7 Å². The molecule has 1 unspecified atom stereocenters. The second kappa shape index (κ2) is 14.8. The first-order valence-corrected chi connectivity index (χ1v) is 16.1. The molecule has 4 aromatic rings. The van der Waals surface area contributed by atoms with Gasteiger partial charge in [-0.2, -0.15) is 0 Å². The number of sulfonamides is 1. The smallest absolute Gasteiger partial charge is 0.264 e. The Bertz CT molecular complexity index is 1670. The Balaban J connectivity index is 1.70. The van der Waals surface area contributed by atoms with Crippen LogP contribution in [0.3, 0.4) is 0 Å². The van der Waals surface area contributed by atoms with Gasteiger partial charge in [0.2, 0.25) is 11.8 Å². The summed E-state index contributed by atoms with van der Waals surface area (Å²) >= 11 is 0. The van der Waals surface area contributed by atoms with Crippen LogP contribution in [0.5, 0.6) is 17.2 Å². The number of para-hydroxylation sites is 1. The largest absolute Gasteiger partial charge is 0.497 e. The molecular formula is C35H39N3O6S. The SMILES string of the molecule is COc1ccc(CN(C(=O)CN(c2ccc(Oc3ccccc3)cc2)S(=O)(=O)c2ccc(C)cc2)C(C)C(=O)NC(C)C)cc1. The molecule has 4 rings (SSSR count). The minimum atomic E-state index is -4.19. The van der Waals surface area contributed by atoms with E-state index in [-0.39, 0.29) is 29.1 Å². The van der Waals surface area contributed by atoms with Crippen molar-refractivity contribution in [3.8, 4) is 17.2 Å². The van der Waals surface area contributed by atoms with Gasteiger partial charge in [0.1, 0.15) is 29.8 Å². The average molecular weight is 630 g/mol. The Morgan fingerprint density at radius 2 is 1.36 bits per heavy atom. The minimum absolute atomic E-state index is 0.0396. The van der Waals surface area contributed by atoms with Crippen molar-refractivity contribution in [3.05, 3.63) is 114 Å². The summed E-state index contributed by atoms with van der Waals surface area (Å²) in [6.07, 6.45) is 0. The summed E-state index contributed by atoms with van der Waals surface area (Å²) in [6, 6.07) is 28.3. The highest BCUT2D eigenvalue weighted by Crippen LogP contribution is 2.29. The number of hydrogen-bond donors (Lipinski definition) is 1. The zero-order chi connectivity index (χ0) is 32.6. The minimum Gasteiger partial charge on any atom is -0.497 e.